The van der Waals surface area contributed by atoms with E-state index in [1.54, 1.807) is 18.5 Å². The summed E-state index contributed by atoms with van der Waals surface area (Å²) in [4.78, 5) is 33.6. The molecule has 3 heterocycles. The Hall–Kier alpha value is -3.79. The second-order valence-electron chi connectivity index (χ2n) is 10.9. The van der Waals surface area contributed by atoms with Gasteiger partial charge in [0.05, 0.1) is 34.5 Å². The first-order valence-electron chi connectivity index (χ1n) is 14.0. The molecule has 0 aliphatic heterocycles. The zero-order valence-corrected chi connectivity index (χ0v) is 24.5. The summed E-state index contributed by atoms with van der Waals surface area (Å²) in [6.45, 7) is 1.45. The lowest BCUT2D eigenvalue weighted by molar-refractivity contribution is -0.111. The van der Waals surface area contributed by atoms with Gasteiger partial charge in [0.1, 0.15) is 0 Å². The number of hydrogen-bond donors (Lipinski definition) is 3. The fourth-order valence-electron chi connectivity index (χ4n) is 5.30. The number of carbonyl (C=O) groups is 1. The molecule has 0 radical (unpaired) electrons. The van der Waals surface area contributed by atoms with Gasteiger partial charge in [-0.3, -0.25) is 14.7 Å². The van der Waals surface area contributed by atoms with Crippen LogP contribution in [-0.2, 0) is 11.3 Å². The van der Waals surface area contributed by atoms with Crippen LogP contribution in [-0.4, -0.2) is 75.4 Å². The molecular weight excluding hydrogens is 536 g/mol. The van der Waals surface area contributed by atoms with Gasteiger partial charge in [-0.1, -0.05) is 35.9 Å². The van der Waals surface area contributed by atoms with Gasteiger partial charge in [-0.05, 0) is 65.0 Å². The van der Waals surface area contributed by atoms with Gasteiger partial charge in [-0.15, -0.1) is 0 Å². The van der Waals surface area contributed by atoms with Gasteiger partial charge in [0, 0.05) is 53.9 Å². The summed E-state index contributed by atoms with van der Waals surface area (Å²) < 4.78 is 0. The van der Waals surface area contributed by atoms with Gasteiger partial charge >= 0.3 is 0 Å². The highest BCUT2D eigenvalue weighted by atomic mass is 35.5. The molecule has 3 N–H and O–H groups in total. The van der Waals surface area contributed by atoms with Gasteiger partial charge in [0.25, 0.3) is 0 Å². The highest BCUT2D eigenvalue weighted by Crippen LogP contribution is 2.33. The number of aromatic amines is 1. The maximum atomic E-state index is 12.1. The minimum Gasteiger partial charge on any atom is -0.360 e. The Labute approximate surface area is 246 Å². The fraction of sp³-hybridized carbons (Fsp3) is 0.355. The first-order chi connectivity index (χ1) is 19.9. The fourth-order valence-corrected chi connectivity index (χ4v) is 5.49. The summed E-state index contributed by atoms with van der Waals surface area (Å²) in [7, 11) is 6.07. The number of aromatic nitrogens is 4. The molecule has 4 aromatic rings. The molecule has 41 heavy (non-hydrogen) atoms. The number of carbonyl (C=O) groups excluding carboxylic acids is 1. The van der Waals surface area contributed by atoms with Crippen LogP contribution in [0.5, 0.6) is 0 Å². The van der Waals surface area contributed by atoms with Gasteiger partial charge in [0.2, 0.25) is 11.9 Å². The molecule has 5 rings (SSSR count). The van der Waals surface area contributed by atoms with Crippen molar-refractivity contribution in [1.82, 2.24) is 29.7 Å². The number of amides is 1. The van der Waals surface area contributed by atoms with E-state index in [4.69, 9.17) is 16.6 Å². The molecule has 2 atom stereocenters. The van der Waals surface area contributed by atoms with Gasteiger partial charge in [-0.2, -0.15) is 0 Å². The lowest BCUT2D eigenvalue weighted by Gasteiger charge is -2.35. The van der Waals surface area contributed by atoms with Crippen molar-refractivity contribution in [3.8, 4) is 11.3 Å². The highest BCUT2D eigenvalue weighted by molar-refractivity contribution is 6.33. The molecular formula is C31H37ClN8O. The molecule has 0 bridgehead atoms. The predicted molar refractivity (Wildman–Crippen MR) is 166 cm³/mol. The van der Waals surface area contributed by atoms with Crippen molar-refractivity contribution in [2.24, 2.45) is 0 Å². The summed E-state index contributed by atoms with van der Waals surface area (Å²) >= 11 is 6.53. The SMILES string of the molecule is CN(C)C/C=C/C(=O)Nc1ccc(CN(C)C2CCC[C@@H](Nc3ncc(Cl)c(-c4c[nH]c5ccccc45)n3)C2)nc1. The van der Waals surface area contributed by atoms with Crippen LogP contribution in [0.25, 0.3) is 22.2 Å². The standard InChI is InChI=1S/C31H37ClN8O/c1-39(2)15-7-12-29(41)36-22-13-14-23(33-17-22)20-40(3)24-9-6-8-21(16-24)37-31-35-19-27(32)30(38-31)26-18-34-28-11-5-4-10-25(26)28/h4-5,7,10-14,17-19,21,24,34H,6,8-9,15-16,20H2,1-3H3,(H,36,41)(H,35,37,38)/b12-7+/t21-,24?/m1/s1. The summed E-state index contributed by atoms with van der Waals surface area (Å²) in [5.74, 6) is 0.441. The van der Waals surface area contributed by atoms with E-state index in [2.05, 4.69) is 43.6 Å². The number of likely N-dealkylation sites (N-methyl/N-ethyl adjacent to an activating group) is 1. The van der Waals surface area contributed by atoms with E-state index < -0.39 is 0 Å². The number of halogens is 1. The van der Waals surface area contributed by atoms with Gasteiger partial charge in [0.15, 0.2) is 0 Å². The topological polar surface area (TPSA) is 102 Å². The van der Waals surface area contributed by atoms with Crippen LogP contribution in [0.4, 0.5) is 11.6 Å². The predicted octanol–water partition coefficient (Wildman–Crippen LogP) is 5.58. The average Bonchev–Trinajstić information content (AvgIpc) is 3.39. The average molecular weight is 573 g/mol. The third kappa shape index (κ3) is 7.49. The van der Waals surface area contributed by atoms with Crippen molar-refractivity contribution in [1.29, 1.82) is 0 Å². The number of rotatable bonds is 10. The Morgan fingerprint density at radius 2 is 1.98 bits per heavy atom. The van der Waals surface area contributed by atoms with Crippen LogP contribution < -0.4 is 10.6 Å². The van der Waals surface area contributed by atoms with E-state index in [0.717, 1.165) is 60.1 Å². The number of fused-ring (bicyclic) bond motifs is 1. The molecule has 1 amide bonds. The molecule has 0 spiro atoms. The number of nitrogens with one attached hydrogen (secondary N) is 3. The van der Waals surface area contributed by atoms with Crippen LogP contribution in [0.2, 0.25) is 5.02 Å². The highest BCUT2D eigenvalue weighted by Gasteiger charge is 2.26. The Bertz CT molecular complexity index is 1500. The van der Waals surface area contributed by atoms with Crippen molar-refractivity contribution in [3.63, 3.8) is 0 Å². The monoisotopic (exact) mass is 572 g/mol. The van der Waals surface area contributed by atoms with E-state index in [1.807, 2.05) is 61.6 Å². The number of anilines is 2. The van der Waals surface area contributed by atoms with E-state index >= 15 is 0 Å². The van der Waals surface area contributed by atoms with E-state index in [1.165, 1.54) is 0 Å². The van der Waals surface area contributed by atoms with Crippen molar-refractivity contribution in [2.75, 3.05) is 38.3 Å². The first kappa shape index (κ1) is 28.7. The zero-order chi connectivity index (χ0) is 28.8. The van der Waals surface area contributed by atoms with Crippen LogP contribution >= 0.6 is 11.6 Å². The third-order valence-electron chi connectivity index (χ3n) is 7.44. The zero-order valence-electron chi connectivity index (χ0n) is 23.8. The maximum absolute atomic E-state index is 12.1. The number of para-hydroxylation sites is 1. The number of H-pyrrole nitrogens is 1. The molecule has 1 fully saturated rings. The number of hydrogen-bond acceptors (Lipinski definition) is 7. The second-order valence-corrected chi connectivity index (χ2v) is 11.3. The summed E-state index contributed by atoms with van der Waals surface area (Å²) in [5, 5.41) is 8.05. The van der Waals surface area contributed by atoms with Crippen molar-refractivity contribution < 1.29 is 4.79 Å². The molecule has 3 aromatic heterocycles. The van der Waals surface area contributed by atoms with E-state index in [0.29, 0.717) is 29.2 Å². The largest absolute Gasteiger partial charge is 0.360 e. The third-order valence-corrected chi connectivity index (χ3v) is 7.71. The number of pyridine rings is 1. The van der Waals surface area contributed by atoms with E-state index in [9.17, 15) is 4.79 Å². The molecule has 9 nitrogen and oxygen atoms in total. The Balaban J connectivity index is 1.17. The molecule has 1 aliphatic rings. The lowest BCUT2D eigenvalue weighted by atomic mass is 9.90. The van der Waals surface area contributed by atoms with Crippen LogP contribution in [0.3, 0.4) is 0 Å². The van der Waals surface area contributed by atoms with E-state index in [-0.39, 0.29) is 11.9 Å². The van der Waals surface area contributed by atoms with Crippen molar-refractivity contribution >= 4 is 40.0 Å². The Morgan fingerprint density at radius 1 is 1.12 bits per heavy atom. The molecule has 1 unspecified atom stereocenters. The molecule has 1 saturated carbocycles. The smallest absolute Gasteiger partial charge is 0.248 e. The summed E-state index contributed by atoms with van der Waals surface area (Å²) in [6, 6.07) is 12.7. The van der Waals surface area contributed by atoms with Crippen LogP contribution in [0.1, 0.15) is 31.4 Å². The van der Waals surface area contributed by atoms with Crippen LogP contribution in [0, 0.1) is 0 Å². The number of nitrogens with zero attached hydrogens (tertiary/aromatic N) is 5. The Kier molecular flexibility index (Phi) is 9.28. The minimum atomic E-state index is -0.155. The maximum Gasteiger partial charge on any atom is 0.248 e. The Morgan fingerprint density at radius 3 is 2.78 bits per heavy atom. The normalized spacial score (nSPS) is 17.5. The quantitative estimate of drug-likeness (QED) is 0.213. The molecule has 1 aliphatic carbocycles. The van der Waals surface area contributed by atoms with Gasteiger partial charge < -0.3 is 20.5 Å². The lowest BCUT2D eigenvalue weighted by Crippen LogP contribution is -2.40. The molecule has 10 heteroatoms. The molecule has 214 valence electrons. The molecule has 1 aromatic carbocycles. The molecule has 0 saturated heterocycles. The minimum absolute atomic E-state index is 0.155. The van der Waals surface area contributed by atoms with Gasteiger partial charge in [-0.25, -0.2) is 9.97 Å². The second kappa shape index (κ2) is 13.2. The van der Waals surface area contributed by atoms with Crippen molar-refractivity contribution in [2.45, 2.75) is 44.3 Å². The van der Waals surface area contributed by atoms with Crippen molar-refractivity contribution in [3.05, 3.63) is 77.9 Å². The summed E-state index contributed by atoms with van der Waals surface area (Å²) in [5.41, 5.74) is 4.39. The summed E-state index contributed by atoms with van der Waals surface area (Å²) in [6.07, 6.45) is 13.0. The number of benzene rings is 1. The first-order valence-corrected chi connectivity index (χ1v) is 14.4. The van der Waals surface area contributed by atoms with Crippen LogP contribution in [0.15, 0.2) is 67.1 Å².